The Bertz CT molecular complexity index is 1450. The fourth-order valence-electron chi connectivity index (χ4n) is 3.86. The maximum absolute atomic E-state index is 13.3. The Morgan fingerprint density at radius 2 is 1.72 bits per heavy atom. The van der Waals surface area contributed by atoms with E-state index >= 15 is 0 Å². The van der Waals surface area contributed by atoms with Crippen LogP contribution in [0.1, 0.15) is 29.6 Å². The van der Waals surface area contributed by atoms with Crippen molar-refractivity contribution in [2.24, 2.45) is 0 Å². The van der Waals surface area contributed by atoms with Gasteiger partial charge in [-0.1, -0.05) is 48.0 Å². The number of esters is 1. The van der Waals surface area contributed by atoms with Gasteiger partial charge >= 0.3 is 5.97 Å². The maximum Gasteiger partial charge on any atom is 0.340 e. The van der Waals surface area contributed by atoms with Crippen LogP contribution in [0.3, 0.4) is 0 Å². The number of hydrogen-bond acceptors (Lipinski definition) is 6. The molecule has 4 rings (SSSR count). The highest BCUT2D eigenvalue weighted by molar-refractivity contribution is 7.89. The minimum absolute atomic E-state index is 0.0772. The molecule has 0 unspecified atom stereocenters. The summed E-state index contributed by atoms with van der Waals surface area (Å²) in [5, 5.41) is 0. The van der Waals surface area contributed by atoms with E-state index in [0.717, 1.165) is 11.1 Å². The molecule has 186 valence electrons. The summed E-state index contributed by atoms with van der Waals surface area (Å²) in [4.78, 5) is 27.5. The third kappa shape index (κ3) is 5.32. The lowest BCUT2D eigenvalue weighted by Gasteiger charge is -2.17. The van der Waals surface area contributed by atoms with Crippen molar-refractivity contribution in [3.8, 4) is 0 Å². The number of nitrogens with zero attached hydrogens (tertiary/aromatic N) is 1. The summed E-state index contributed by atoms with van der Waals surface area (Å²) in [6.07, 6.45) is 1.47. The maximum atomic E-state index is 13.3. The standard InChI is InChI=1S/C27H26N2O6S/c1-18-9-13-23(14-10-18)36(32,33)28-16-22-12-11-21(35-22)15-24-25(27(31)34-3)19(2)29(26(24)30)17-20-7-5-4-6-8-20/h4-15,28H,16-17H2,1-3H3/b24-15+. The lowest BCUT2D eigenvalue weighted by atomic mass is 10.1. The zero-order valence-corrected chi connectivity index (χ0v) is 21.0. The number of hydrogen-bond donors (Lipinski definition) is 1. The van der Waals surface area contributed by atoms with Gasteiger partial charge in [0.15, 0.2) is 0 Å². The van der Waals surface area contributed by atoms with Gasteiger partial charge in [0.05, 0.1) is 36.2 Å². The van der Waals surface area contributed by atoms with Crippen molar-refractivity contribution in [3.05, 3.63) is 106 Å². The Hall–Kier alpha value is -3.95. The zero-order chi connectivity index (χ0) is 25.9. The van der Waals surface area contributed by atoms with Crippen LogP contribution in [0, 0.1) is 6.92 Å². The summed E-state index contributed by atoms with van der Waals surface area (Å²) in [7, 11) is -2.46. The predicted octanol–water partition coefficient (Wildman–Crippen LogP) is 3.94. The van der Waals surface area contributed by atoms with Gasteiger partial charge in [0, 0.05) is 5.70 Å². The number of carbonyl (C=O) groups excluding carboxylic acids is 2. The minimum atomic E-state index is -3.72. The molecule has 9 heteroatoms. The Balaban J connectivity index is 1.55. The van der Waals surface area contributed by atoms with Crippen molar-refractivity contribution < 1.29 is 27.2 Å². The van der Waals surface area contributed by atoms with Gasteiger partial charge in [0.1, 0.15) is 11.5 Å². The Labute approximate surface area is 209 Å². The number of benzene rings is 2. The average Bonchev–Trinajstić information content (AvgIpc) is 3.41. The summed E-state index contributed by atoms with van der Waals surface area (Å²) in [5.74, 6) is -0.321. The highest BCUT2D eigenvalue weighted by Crippen LogP contribution is 2.33. The Morgan fingerprint density at radius 3 is 2.39 bits per heavy atom. The lowest BCUT2D eigenvalue weighted by molar-refractivity contribution is -0.136. The number of carbonyl (C=O) groups is 2. The highest BCUT2D eigenvalue weighted by Gasteiger charge is 2.37. The first-order chi connectivity index (χ1) is 17.2. The molecule has 0 saturated heterocycles. The second-order valence-corrected chi connectivity index (χ2v) is 10.1. The molecule has 0 atom stereocenters. The van der Waals surface area contributed by atoms with Gasteiger partial charge in [-0.25, -0.2) is 17.9 Å². The van der Waals surface area contributed by atoms with Crippen LogP contribution in [0.5, 0.6) is 0 Å². The van der Waals surface area contributed by atoms with Gasteiger partial charge in [-0.3, -0.25) is 4.79 Å². The minimum Gasteiger partial charge on any atom is -0.465 e. The van der Waals surface area contributed by atoms with E-state index in [9.17, 15) is 18.0 Å². The lowest BCUT2D eigenvalue weighted by Crippen LogP contribution is -2.24. The summed E-state index contributed by atoms with van der Waals surface area (Å²) >= 11 is 0. The van der Waals surface area contributed by atoms with Gasteiger partial charge in [-0.2, -0.15) is 0 Å². The van der Waals surface area contributed by atoms with E-state index in [1.165, 1.54) is 30.2 Å². The molecule has 0 fully saturated rings. The van der Waals surface area contributed by atoms with Crippen molar-refractivity contribution >= 4 is 28.0 Å². The van der Waals surface area contributed by atoms with Gasteiger partial charge in [-0.05, 0) is 49.8 Å². The first-order valence-corrected chi connectivity index (χ1v) is 12.7. The van der Waals surface area contributed by atoms with Crippen molar-refractivity contribution in [2.75, 3.05) is 7.11 Å². The van der Waals surface area contributed by atoms with E-state index < -0.39 is 16.0 Å². The van der Waals surface area contributed by atoms with E-state index in [1.54, 1.807) is 31.2 Å². The second-order valence-electron chi connectivity index (χ2n) is 8.33. The van der Waals surface area contributed by atoms with E-state index in [2.05, 4.69) is 4.72 Å². The number of sulfonamides is 1. The number of aryl methyl sites for hydroxylation is 1. The molecule has 2 aromatic carbocycles. The van der Waals surface area contributed by atoms with Crippen molar-refractivity contribution in [1.82, 2.24) is 9.62 Å². The Kier molecular flexibility index (Phi) is 7.23. The molecule has 3 aromatic rings. The summed E-state index contributed by atoms with van der Waals surface area (Å²) in [6, 6.07) is 19.2. The molecule has 0 aliphatic carbocycles. The average molecular weight is 507 g/mol. The molecule has 36 heavy (non-hydrogen) atoms. The smallest absolute Gasteiger partial charge is 0.340 e. The summed E-state index contributed by atoms with van der Waals surface area (Å²) < 4.78 is 38.3. The molecule has 0 spiro atoms. The topological polar surface area (TPSA) is 106 Å². The number of ether oxygens (including phenoxy) is 1. The molecule has 1 aromatic heterocycles. The number of amides is 1. The molecule has 1 aliphatic heterocycles. The van der Waals surface area contributed by atoms with Crippen LogP contribution in [-0.2, 0) is 37.4 Å². The molecule has 0 saturated carbocycles. The zero-order valence-electron chi connectivity index (χ0n) is 20.1. The van der Waals surface area contributed by atoms with Crippen LogP contribution < -0.4 is 4.72 Å². The number of furan rings is 1. The van der Waals surface area contributed by atoms with Gasteiger partial charge < -0.3 is 14.1 Å². The van der Waals surface area contributed by atoms with E-state index in [4.69, 9.17) is 9.15 Å². The van der Waals surface area contributed by atoms with E-state index in [0.29, 0.717) is 23.8 Å². The fourth-order valence-corrected chi connectivity index (χ4v) is 4.85. The van der Waals surface area contributed by atoms with Crippen LogP contribution in [-0.4, -0.2) is 32.3 Å². The number of rotatable bonds is 8. The molecule has 2 heterocycles. The van der Waals surface area contributed by atoms with E-state index in [-0.39, 0.29) is 28.5 Å². The molecule has 1 aliphatic rings. The number of methoxy groups -OCH3 is 1. The van der Waals surface area contributed by atoms with Crippen LogP contribution >= 0.6 is 0 Å². The first kappa shape index (κ1) is 25.2. The molecule has 1 N–H and O–H groups in total. The molecule has 1 amide bonds. The highest BCUT2D eigenvalue weighted by atomic mass is 32.2. The van der Waals surface area contributed by atoms with E-state index in [1.807, 2.05) is 37.3 Å². The largest absolute Gasteiger partial charge is 0.465 e. The number of allylic oxidation sites excluding steroid dienone is 1. The first-order valence-electron chi connectivity index (χ1n) is 11.2. The Morgan fingerprint density at radius 1 is 1.03 bits per heavy atom. The molecular weight excluding hydrogens is 480 g/mol. The van der Waals surface area contributed by atoms with Gasteiger partial charge in [0.25, 0.3) is 5.91 Å². The van der Waals surface area contributed by atoms with Crippen LogP contribution in [0.2, 0.25) is 0 Å². The van der Waals surface area contributed by atoms with Crippen LogP contribution in [0.4, 0.5) is 0 Å². The quantitative estimate of drug-likeness (QED) is 0.367. The molecule has 0 bridgehead atoms. The fraction of sp³-hybridized carbons (Fsp3) is 0.185. The van der Waals surface area contributed by atoms with Crippen LogP contribution in [0.15, 0.2) is 92.9 Å². The third-order valence-corrected chi connectivity index (χ3v) is 7.24. The van der Waals surface area contributed by atoms with Gasteiger partial charge in [-0.15, -0.1) is 0 Å². The predicted molar refractivity (Wildman–Crippen MR) is 134 cm³/mol. The summed E-state index contributed by atoms with van der Waals surface area (Å²) in [6.45, 7) is 3.79. The molecular formula is C27H26N2O6S. The third-order valence-electron chi connectivity index (χ3n) is 5.82. The summed E-state index contributed by atoms with van der Waals surface area (Å²) in [5.41, 5.74) is 2.67. The van der Waals surface area contributed by atoms with Gasteiger partial charge in [0.2, 0.25) is 10.0 Å². The second kappa shape index (κ2) is 10.3. The molecule has 8 nitrogen and oxygen atoms in total. The molecule has 0 radical (unpaired) electrons. The normalized spacial score (nSPS) is 15.1. The SMILES string of the molecule is COC(=O)C1=C(C)N(Cc2ccccc2)C(=O)/C1=C/c1ccc(CNS(=O)(=O)c2ccc(C)cc2)o1. The van der Waals surface area contributed by atoms with Crippen molar-refractivity contribution in [1.29, 1.82) is 0 Å². The van der Waals surface area contributed by atoms with Crippen molar-refractivity contribution in [2.45, 2.75) is 31.8 Å². The van der Waals surface area contributed by atoms with Crippen LogP contribution in [0.25, 0.3) is 6.08 Å². The van der Waals surface area contributed by atoms with Crippen molar-refractivity contribution in [3.63, 3.8) is 0 Å². The number of nitrogens with one attached hydrogen (secondary N) is 1. The monoisotopic (exact) mass is 506 g/mol.